The van der Waals surface area contributed by atoms with Crippen LogP contribution in [0.25, 0.3) is 0 Å². The van der Waals surface area contributed by atoms with Gasteiger partial charge in [0, 0.05) is 17.9 Å². The van der Waals surface area contributed by atoms with Crippen LogP contribution in [0, 0.1) is 5.92 Å². The van der Waals surface area contributed by atoms with Gasteiger partial charge in [-0.15, -0.1) is 0 Å². The van der Waals surface area contributed by atoms with Crippen LogP contribution in [0.1, 0.15) is 53.4 Å². The highest BCUT2D eigenvalue weighted by molar-refractivity contribution is 5.79. The highest BCUT2D eigenvalue weighted by atomic mass is 16.4. The Morgan fingerprint density at radius 1 is 1.38 bits per heavy atom. The lowest BCUT2D eigenvalue weighted by Gasteiger charge is -2.27. The zero-order valence-corrected chi connectivity index (χ0v) is 10.7. The van der Waals surface area contributed by atoms with Gasteiger partial charge in [-0.3, -0.25) is 9.59 Å². The van der Waals surface area contributed by atoms with Gasteiger partial charge in [-0.05, 0) is 26.7 Å². The van der Waals surface area contributed by atoms with Crippen molar-refractivity contribution in [2.24, 2.45) is 5.92 Å². The summed E-state index contributed by atoms with van der Waals surface area (Å²) in [5.74, 6) is -0.824. The Kier molecular flexibility index (Phi) is 6.08. The molecule has 0 bridgehead atoms. The smallest absolute Gasteiger partial charge is 0.303 e. The summed E-state index contributed by atoms with van der Waals surface area (Å²) in [6.07, 6.45) is 2.37. The Morgan fingerprint density at radius 3 is 2.38 bits per heavy atom. The molecule has 0 aromatic carbocycles. The molecule has 0 aliphatic carbocycles. The van der Waals surface area contributed by atoms with E-state index in [1.807, 2.05) is 27.7 Å². The molecule has 0 spiro atoms. The maximum absolute atomic E-state index is 11.7. The fourth-order valence-corrected chi connectivity index (χ4v) is 1.50. The molecule has 0 aliphatic heterocycles. The van der Waals surface area contributed by atoms with Gasteiger partial charge >= 0.3 is 5.97 Å². The summed E-state index contributed by atoms with van der Waals surface area (Å²) < 4.78 is 0. The number of rotatable bonds is 7. The second-order valence-corrected chi connectivity index (χ2v) is 4.96. The Morgan fingerprint density at radius 2 is 1.94 bits per heavy atom. The molecule has 2 N–H and O–H groups in total. The summed E-state index contributed by atoms with van der Waals surface area (Å²) in [6, 6.07) is 0. The second kappa shape index (κ2) is 6.51. The standard InChI is InChI=1S/C12H23NO3/c1-5-6-9(2)11(16)13-12(3,4)8-7-10(14)15/h9H,5-8H2,1-4H3,(H,13,16)(H,14,15). The van der Waals surface area contributed by atoms with E-state index in [2.05, 4.69) is 5.32 Å². The van der Waals surface area contributed by atoms with Gasteiger partial charge in [0.05, 0.1) is 0 Å². The third kappa shape index (κ3) is 6.43. The molecule has 4 heteroatoms. The molecule has 0 radical (unpaired) electrons. The van der Waals surface area contributed by atoms with E-state index in [1.54, 1.807) is 0 Å². The normalized spacial score (nSPS) is 13.2. The van der Waals surface area contributed by atoms with Crippen LogP contribution in [-0.4, -0.2) is 22.5 Å². The summed E-state index contributed by atoms with van der Waals surface area (Å²) in [7, 11) is 0. The van der Waals surface area contributed by atoms with Crippen molar-refractivity contribution in [3.05, 3.63) is 0 Å². The van der Waals surface area contributed by atoms with E-state index in [9.17, 15) is 9.59 Å². The van der Waals surface area contributed by atoms with Crippen LogP contribution in [0.15, 0.2) is 0 Å². The zero-order valence-electron chi connectivity index (χ0n) is 10.7. The minimum Gasteiger partial charge on any atom is -0.481 e. The maximum atomic E-state index is 11.7. The van der Waals surface area contributed by atoms with E-state index < -0.39 is 11.5 Å². The molecule has 0 aliphatic rings. The summed E-state index contributed by atoms with van der Waals surface area (Å²) in [6.45, 7) is 7.64. The number of carbonyl (C=O) groups is 2. The number of hydrogen-bond acceptors (Lipinski definition) is 2. The van der Waals surface area contributed by atoms with Crippen LogP contribution in [-0.2, 0) is 9.59 Å². The predicted octanol–water partition coefficient (Wildman–Crippen LogP) is 2.18. The molecule has 0 saturated heterocycles. The number of amides is 1. The first-order chi connectivity index (χ1) is 7.28. The minimum absolute atomic E-state index is 0.00546. The average molecular weight is 229 g/mol. The SMILES string of the molecule is CCCC(C)C(=O)NC(C)(C)CCC(=O)O. The van der Waals surface area contributed by atoms with Gasteiger partial charge in [0.15, 0.2) is 0 Å². The first kappa shape index (κ1) is 14.9. The predicted molar refractivity (Wildman–Crippen MR) is 63.2 cm³/mol. The fraction of sp³-hybridized carbons (Fsp3) is 0.833. The molecule has 0 aromatic rings. The van der Waals surface area contributed by atoms with Crippen LogP contribution in [0.5, 0.6) is 0 Å². The summed E-state index contributed by atoms with van der Waals surface area (Å²) in [5, 5.41) is 11.5. The Balaban J connectivity index is 4.13. The molecular formula is C12H23NO3. The number of carboxylic acids is 1. The molecule has 0 rings (SSSR count). The number of carbonyl (C=O) groups excluding carboxylic acids is 1. The lowest BCUT2D eigenvalue weighted by Crippen LogP contribution is -2.45. The number of nitrogens with one attached hydrogen (secondary N) is 1. The van der Waals surface area contributed by atoms with E-state index in [1.165, 1.54) is 0 Å². The van der Waals surface area contributed by atoms with Gasteiger partial charge in [0.1, 0.15) is 0 Å². The lowest BCUT2D eigenvalue weighted by atomic mass is 9.96. The van der Waals surface area contributed by atoms with E-state index in [-0.39, 0.29) is 18.2 Å². The van der Waals surface area contributed by atoms with E-state index in [0.717, 1.165) is 12.8 Å². The maximum Gasteiger partial charge on any atom is 0.303 e. The summed E-state index contributed by atoms with van der Waals surface area (Å²) >= 11 is 0. The Labute approximate surface area is 97.4 Å². The molecule has 4 nitrogen and oxygen atoms in total. The van der Waals surface area contributed by atoms with Crippen molar-refractivity contribution in [3.8, 4) is 0 Å². The van der Waals surface area contributed by atoms with Crippen LogP contribution in [0.2, 0.25) is 0 Å². The monoisotopic (exact) mass is 229 g/mol. The lowest BCUT2D eigenvalue weighted by molar-refractivity contribution is -0.138. The molecule has 94 valence electrons. The number of aliphatic carboxylic acids is 1. The average Bonchev–Trinajstić information content (AvgIpc) is 2.14. The quantitative estimate of drug-likeness (QED) is 0.703. The minimum atomic E-state index is -0.830. The zero-order chi connectivity index (χ0) is 12.8. The van der Waals surface area contributed by atoms with E-state index in [4.69, 9.17) is 5.11 Å². The van der Waals surface area contributed by atoms with Crippen molar-refractivity contribution in [1.29, 1.82) is 0 Å². The van der Waals surface area contributed by atoms with Gasteiger partial charge < -0.3 is 10.4 Å². The summed E-state index contributed by atoms with van der Waals surface area (Å²) in [5.41, 5.74) is -0.447. The highest BCUT2D eigenvalue weighted by Gasteiger charge is 2.23. The van der Waals surface area contributed by atoms with Crippen molar-refractivity contribution < 1.29 is 14.7 Å². The first-order valence-corrected chi connectivity index (χ1v) is 5.82. The third-order valence-corrected chi connectivity index (χ3v) is 2.59. The van der Waals surface area contributed by atoms with Crippen LogP contribution >= 0.6 is 0 Å². The number of carboxylic acid groups (broad SMARTS) is 1. The Bertz CT molecular complexity index is 249. The molecule has 16 heavy (non-hydrogen) atoms. The van der Waals surface area contributed by atoms with Gasteiger partial charge in [0.25, 0.3) is 0 Å². The molecule has 0 saturated carbocycles. The molecule has 1 atom stereocenters. The number of hydrogen-bond donors (Lipinski definition) is 2. The Hall–Kier alpha value is -1.06. The first-order valence-electron chi connectivity index (χ1n) is 5.82. The largest absolute Gasteiger partial charge is 0.481 e. The van der Waals surface area contributed by atoms with Crippen LogP contribution in [0.4, 0.5) is 0 Å². The van der Waals surface area contributed by atoms with Gasteiger partial charge in [0.2, 0.25) is 5.91 Å². The molecule has 1 unspecified atom stereocenters. The topological polar surface area (TPSA) is 66.4 Å². The summed E-state index contributed by atoms with van der Waals surface area (Å²) in [4.78, 5) is 22.2. The fourth-order valence-electron chi connectivity index (χ4n) is 1.50. The van der Waals surface area contributed by atoms with Crippen molar-refractivity contribution >= 4 is 11.9 Å². The van der Waals surface area contributed by atoms with E-state index >= 15 is 0 Å². The van der Waals surface area contributed by atoms with Crippen LogP contribution < -0.4 is 5.32 Å². The molecule has 0 fully saturated rings. The van der Waals surface area contributed by atoms with E-state index in [0.29, 0.717) is 6.42 Å². The molecule has 0 aromatic heterocycles. The van der Waals surface area contributed by atoms with Gasteiger partial charge in [-0.1, -0.05) is 20.3 Å². The molecule has 0 heterocycles. The van der Waals surface area contributed by atoms with Gasteiger partial charge in [-0.25, -0.2) is 0 Å². The second-order valence-electron chi connectivity index (χ2n) is 4.96. The molecular weight excluding hydrogens is 206 g/mol. The van der Waals surface area contributed by atoms with Gasteiger partial charge in [-0.2, -0.15) is 0 Å². The van der Waals surface area contributed by atoms with Crippen molar-refractivity contribution in [3.63, 3.8) is 0 Å². The molecule has 1 amide bonds. The van der Waals surface area contributed by atoms with Crippen molar-refractivity contribution in [2.45, 2.75) is 58.9 Å². The van der Waals surface area contributed by atoms with Crippen molar-refractivity contribution in [2.75, 3.05) is 0 Å². The third-order valence-electron chi connectivity index (χ3n) is 2.59. The highest BCUT2D eigenvalue weighted by Crippen LogP contribution is 2.14. The van der Waals surface area contributed by atoms with Crippen LogP contribution in [0.3, 0.4) is 0 Å². The van der Waals surface area contributed by atoms with Crippen molar-refractivity contribution in [1.82, 2.24) is 5.32 Å².